The van der Waals surface area contributed by atoms with Crippen molar-refractivity contribution in [3.63, 3.8) is 0 Å². The van der Waals surface area contributed by atoms with Crippen molar-refractivity contribution in [1.29, 1.82) is 0 Å². The fourth-order valence-corrected chi connectivity index (χ4v) is 1.75. The van der Waals surface area contributed by atoms with Gasteiger partial charge in [0.05, 0.1) is 5.69 Å². The van der Waals surface area contributed by atoms with Crippen molar-refractivity contribution in [2.45, 2.75) is 13.8 Å². The summed E-state index contributed by atoms with van der Waals surface area (Å²) in [7, 11) is 0. The molecule has 0 aliphatic carbocycles. The van der Waals surface area contributed by atoms with Gasteiger partial charge in [0.15, 0.2) is 0 Å². The van der Waals surface area contributed by atoms with Crippen LogP contribution < -0.4 is 4.74 Å². The molecule has 0 bridgehead atoms. The molecule has 4 heteroatoms. The Hall–Kier alpha value is -2.62. The molecule has 1 aromatic heterocycles. The molecule has 0 radical (unpaired) electrons. The quantitative estimate of drug-likeness (QED) is 0.862. The zero-order valence-corrected chi connectivity index (χ0v) is 11.3. The maximum absolute atomic E-state index is 10.6. The van der Waals surface area contributed by atoms with Gasteiger partial charge in [0.1, 0.15) is 11.5 Å². The van der Waals surface area contributed by atoms with Crippen LogP contribution >= 0.6 is 0 Å². The van der Waals surface area contributed by atoms with Crippen LogP contribution in [0.5, 0.6) is 11.5 Å². The van der Waals surface area contributed by atoms with E-state index in [1.165, 1.54) is 6.08 Å². The number of ether oxygens (including phenoxy) is 1. The van der Waals surface area contributed by atoms with Crippen LogP contribution in [0.4, 0.5) is 0 Å². The van der Waals surface area contributed by atoms with Crippen LogP contribution in [0, 0.1) is 13.8 Å². The Kier molecular flexibility index (Phi) is 4.15. The Morgan fingerprint density at radius 1 is 1.25 bits per heavy atom. The highest BCUT2D eigenvalue weighted by Gasteiger charge is 2.06. The SMILES string of the molecule is Cc1ccc(Oc2cccnc2C)c(/C=C/C(=O)O)c1. The fraction of sp³-hybridized carbons (Fsp3) is 0.125. The minimum atomic E-state index is -0.991. The van der Waals surface area contributed by atoms with E-state index in [0.29, 0.717) is 11.5 Å². The highest BCUT2D eigenvalue weighted by Crippen LogP contribution is 2.28. The second-order valence-electron chi connectivity index (χ2n) is 4.40. The van der Waals surface area contributed by atoms with Crippen LogP contribution in [0.1, 0.15) is 16.8 Å². The topological polar surface area (TPSA) is 59.4 Å². The van der Waals surface area contributed by atoms with E-state index >= 15 is 0 Å². The van der Waals surface area contributed by atoms with Gasteiger partial charge in [-0.1, -0.05) is 11.6 Å². The molecule has 2 aromatic rings. The molecule has 0 unspecified atom stereocenters. The molecule has 0 spiro atoms. The van der Waals surface area contributed by atoms with Gasteiger partial charge in [-0.2, -0.15) is 0 Å². The minimum Gasteiger partial charge on any atom is -0.478 e. The van der Waals surface area contributed by atoms with Crippen molar-refractivity contribution in [2.75, 3.05) is 0 Å². The summed E-state index contributed by atoms with van der Waals surface area (Å²) in [4.78, 5) is 14.8. The standard InChI is InChI=1S/C16H15NO3/c1-11-5-7-15(13(10-11)6-8-16(18)19)20-14-4-3-9-17-12(14)2/h3-10H,1-2H3,(H,18,19)/b8-6+. The summed E-state index contributed by atoms with van der Waals surface area (Å²) in [6, 6.07) is 9.24. The van der Waals surface area contributed by atoms with Gasteiger partial charge in [0, 0.05) is 17.8 Å². The summed E-state index contributed by atoms with van der Waals surface area (Å²) in [6.07, 6.45) is 4.32. The van der Waals surface area contributed by atoms with Crippen LogP contribution in [0.2, 0.25) is 0 Å². The summed E-state index contributed by atoms with van der Waals surface area (Å²) in [6.45, 7) is 3.80. The third kappa shape index (κ3) is 3.45. The molecule has 0 aliphatic heterocycles. The molecule has 0 saturated heterocycles. The molecule has 2 rings (SSSR count). The van der Waals surface area contributed by atoms with Crippen LogP contribution in [-0.2, 0) is 4.79 Å². The number of aryl methyl sites for hydroxylation is 2. The molecule has 1 heterocycles. The van der Waals surface area contributed by atoms with Crippen molar-refractivity contribution in [3.8, 4) is 11.5 Å². The van der Waals surface area contributed by atoms with Gasteiger partial charge < -0.3 is 9.84 Å². The third-order valence-electron chi connectivity index (χ3n) is 2.75. The smallest absolute Gasteiger partial charge is 0.328 e. The first-order valence-electron chi connectivity index (χ1n) is 6.17. The Labute approximate surface area is 117 Å². The third-order valence-corrected chi connectivity index (χ3v) is 2.75. The molecule has 1 aromatic carbocycles. The summed E-state index contributed by atoms with van der Waals surface area (Å²) in [5, 5.41) is 8.73. The number of nitrogens with zero attached hydrogens (tertiary/aromatic N) is 1. The van der Waals surface area contributed by atoms with Gasteiger partial charge in [-0.25, -0.2) is 4.79 Å². The second kappa shape index (κ2) is 6.02. The predicted octanol–water partition coefficient (Wildman–Crippen LogP) is 3.59. The number of benzene rings is 1. The summed E-state index contributed by atoms with van der Waals surface area (Å²) >= 11 is 0. The molecule has 102 valence electrons. The average Bonchev–Trinajstić information content (AvgIpc) is 2.41. The van der Waals surface area contributed by atoms with Gasteiger partial charge in [-0.3, -0.25) is 4.98 Å². The maximum Gasteiger partial charge on any atom is 0.328 e. The van der Waals surface area contributed by atoms with E-state index in [1.54, 1.807) is 12.3 Å². The Morgan fingerprint density at radius 3 is 2.75 bits per heavy atom. The first-order chi connectivity index (χ1) is 9.56. The van der Waals surface area contributed by atoms with Gasteiger partial charge >= 0.3 is 5.97 Å². The summed E-state index contributed by atoms with van der Waals surface area (Å²) < 4.78 is 5.82. The van der Waals surface area contributed by atoms with Gasteiger partial charge in [0.2, 0.25) is 0 Å². The molecule has 0 fully saturated rings. The molecular weight excluding hydrogens is 254 g/mol. The lowest BCUT2D eigenvalue weighted by molar-refractivity contribution is -0.131. The first-order valence-corrected chi connectivity index (χ1v) is 6.17. The molecule has 4 nitrogen and oxygen atoms in total. The Morgan fingerprint density at radius 2 is 2.05 bits per heavy atom. The Bertz CT molecular complexity index is 663. The highest BCUT2D eigenvalue weighted by molar-refractivity contribution is 5.86. The normalized spacial score (nSPS) is 10.7. The average molecular weight is 269 g/mol. The molecular formula is C16H15NO3. The largest absolute Gasteiger partial charge is 0.478 e. The van der Waals surface area contributed by atoms with Crippen molar-refractivity contribution >= 4 is 12.0 Å². The van der Waals surface area contributed by atoms with E-state index in [0.717, 1.165) is 22.9 Å². The molecule has 0 saturated carbocycles. The molecule has 0 amide bonds. The second-order valence-corrected chi connectivity index (χ2v) is 4.40. The van der Waals surface area contributed by atoms with Crippen molar-refractivity contribution in [3.05, 3.63) is 59.4 Å². The van der Waals surface area contributed by atoms with Crippen molar-refractivity contribution < 1.29 is 14.6 Å². The zero-order valence-electron chi connectivity index (χ0n) is 11.3. The number of rotatable bonds is 4. The number of aliphatic carboxylic acids is 1. The monoisotopic (exact) mass is 269 g/mol. The fourth-order valence-electron chi connectivity index (χ4n) is 1.75. The number of hydrogen-bond donors (Lipinski definition) is 1. The van der Waals surface area contributed by atoms with E-state index in [4.69, 9.17) is 9.84 Å². The number of aromatic nitrogens is 1. The number of carboxylic acid groups (broad SMARTS) is 1. The van der Waals surface area contributed by atoms with E-state index in [9.17, 15) is 4.79 Å². The lowest BCUT2D eigenvalue weighted by Gasteiger charge is -2.11. The van der Waals surface area contributed by atoms with E-state index in [-0.39, 0.29) is 0 Å². The molecule has 0 aliphatic rings. The van der Waals surface area contributed by atoms with E-state index in [1.807, 2.05) is 38.1 Å². The Balaban J connectivity index is 2.36. The van der Waals surface area contributed by atoms with Crippen LogP contribution in [0.25, 0.3) is 6.08 Å². The van der Waals surface area contributed by atoms with Crippen LogP contribution in [0.15, 0.2) is 42.6 Å². The van der Waals surface area contributed by atoms with Gasteiger partial charge in [-0.15, -0.1) is 0 Å². The lowest BCUT2D eigenvalue weighted by Crippen LogP contribution is -1.93. The van der Waals surface area contributed by atoms with E-state index < -0.39 is 5.97 Å². The number of carbonyl (C=O) groups is 1. The van der Waals surface area contributed by atoms with Crippen LogP contribution in [-0.4, -0.2) is 16.1 Å². The maximum atomic E-state index is 10.6. The minimum absolute atomic E-state index is 0.601. The zero-order chi connectivity index (χ0) is 14.5. The van der Waals surface area contributed by atoms with Crippen LogP contribution in [0.3, 0.4) is 0 Å². The number of hydrogen-bond acceptors (Lipinski definition) is 3. The lowest BCUT2D eigenvalue weighted by atomic mass is 10.1. The number of pyridine rings is 1. The predicted molar refractivity (Wildman–Crippen MR) is 76.9 cm³/mol. The number of carboxylic acids is 1. The van der Waals surface area contributed by atoms with Crippen molar-refractivity contribution in [2.24, 2.45) is 0 Å². The summed E-state index contributed by atoms with van der Waals surface area (Å²) in [5.41, 5.74) is 2.53. The van der Waals surface area contributed by atoms with Crippen molar-refractivity contribution in [1.82, 2.24) is 4.98 Å². The van der Waals surface area contributed by atoms with Gasteiger partial charge in [0.25, 0.3) is 0 Å². The molecule has 1 N–H and O–H groups in total. The van der Waals surface area contributed by atoms with Gasteiger partial charge in [-0.05, 0) is 44.2 Å². The summed E-state index contributed by atoms with van der Waals surface area (Å²) in [5.74, 6) is 0.264. The molecule has 20 heavy (non-hydrogen) atoms. The highest BCUT2D eigenvalue weighted by atomic mass is 16.5. The first kappa shape index (κ1) is 13.8. The molecule has 0 atom stereocenters. The van der Waals surface area contributed by atoms with E-state index in [2.05, 4.69) is 4.98 Å².